The summed E-state index contributed by atoms with van der Waals surface area (Å²) in [6, 6.07) is -0.979. The van der Waals surface area contributed by atoms with Crippen LogP contribution in [0.1, 0.15) is 64.2 Å². The average molecular weight is 372 g/mol. The largest absolute Gasteiger partial charge is 0.480 e. The fraction of sp³-hybridized carbons (Fsp3) is 0.765. The second-order valence-corrected chi connectivity index (χ2v) is 6.42. The molecule has 0 radical (unpaired) electrons. The topological polar surface area (TPSA) is 170 Å². The Hall–Kier alpha value is -2.16. The predicted octanol–water partition coefficient (Wildman–Crippen LogP) is 0.0985. The van der Waals surface area contributed by atoms with Crippen LogP contribution in [0.25, 0.3) is 0 Å². The van der Waals surface area contributed by atoms with Gasteiger partial charge in [-0.05, 0) is 32.1 Å². The van der Waals surface area contributed by atoms with Crippen LogP contribution in [-0.2, 0) is 19.2 Å². The normalized spacial score (nSPS) is 15.2. The second kappa shape index (κ2) is 14.1. The van der Waals surface area contributed by atoms with Crippen LogP contribution < -0.4 is 17.2 Å². The van der Waals surface area contributed by atoms with E-state index in [1.54, 1.807) is 0 Å². The van der Waals surface area contributed by atoms with Crippen molar-refractivity contribution in [1.29, 1.82) is 0 Å². The summed E-state index contributed by atoms with van der Waals surface area (Å²) in [5, 5.41) is 8.22. The van der Waals surface area contributed by atoms with Crippen molar-refractivity contribution in [2.75, 3.05) is 13.1 Å². The maximum absolute atomic E-state index is 11.8. The van der Waals surface area contributed by atoms with Gasteiger partial charge in [-0.25, -0.2) is 0 Å². The number of amides is 3. The summed E-state index contributed by atoms with van der Waals surface area (Å²) >= 11 is 0. The van der Waals surface area contributed by atoms with E-state index >= 15 is 0 Å². The van der Waals surface area contributed by atoms with E-state index in [-0.39, 0.29) is 24.7 Å². The van der Waals surface area contributed by atoms with Gasteiger partial charge in [-0.3, -0.25) is 19.2 Å². The van der Waals surface area contributed by atoms with E-state index in [1.807, 2.05) is 4.90 Å². The molecular formula is C17H32N4O5. The van der Waals surface area contributed by atoms with Crippen molar-refractivity contribution in [3.63, 3.8) is 0 Å². The molecule has 0 aliphatic carbocycles. The highest BCUT2D eigenvalue weighted by Gasteiger charge is 2.14. The van der Waals surface area contributed by atoms with Gasteiger partial charge in [0, 0.05) is 32.4 Å². The van der Waals surface area contributed by atoms with Gasteiger partial charge in [-0.1, -0.05) is 12.8 Å². The number of carbonyl (C=O) groups excluding carboxylic acids is 3. The summed E-state index contributed by atoms with van der Waals surface area (Å²) in [6.45, 7) is 1.82. The molecule has 0 spiro atoms. The molecule has 0 aromatic carbocycles. The Balaban J connectivity index is 0.000000541. The fourth-order valence-electron chi connectivity index (χ4n) is 2.47. The van der Waals surface area contributed by atoms with Crippen molar-refractivity contribution >= 4 is 23.7 Å². The number of carboxylic acids is 1. The van der Waals surface area contributed by atoms with Crippen molar-refractivity contribution in [2.24, 2.45) is 17.2 Å². The number of unbranched alkanes of at least 4 members (excludes halogenated alkanes) is 1. The van der Waals surface area contributed by atoms with Crippen LogP contribution in [0.2, 0.25) is 0 Å². The summed E-state index contributed by atoms with van der Waals surface area (Å²) < 4.78 is 0. The van der Waals surface area contributed by atoms with Gasteiger partial charge < -0.3 is 27.2 Å². The third-order valence-electron chi connectivity index (χ3n) is 4.04. The summed E-state index contributed by atoms with van der Waals surface area (Å²) in [5.74, 6) is -1.67. The molecule has 3 amide bonds. The SMILES string of the molecule is NC(=O)CCC(N)C(=O)O.NC(=O)CCCCC(=O)N1CCCCCC1. The van der Waals surface area contributed by atoms with Crippen molar-refractivity contribution in [2.45, 2.75) is 70.3 Å². The van der Waals surface area contributed by atoms with E-state index in [0.717, 1.165) is 38.8 Å². The zero-order chi connectivity index (χ0) is 19.9. The first kappa shape index (κ1) is 23.8. The molecule has 9 heteroatoms. The Bertz CT molecular complexity index is 462. The Labute approximate surface area is 154 Å². The van der Waals surface area contributed by atoms with Crippen molar-refractivity contribution < 1.29 is 24.3 Å². The minimum atomic E-state index is -1.11. The number of aliphatic carboxylic acids is 1. The fourth-order valence-corrected chi connectivity index (χ4v) is 2.47. The molecule has 0 aromatic heterocycles. The van der Waals surface area contributed by atoms with Gasteiger partial charge in [-0.15, -0.1) is 0 Å². The lowest BCUT2D eigenvalue weighted by atomic mass is 10.1. The van der Waals surface area contributed by atoms with Crippen LogP contribution in [0.5, 0.6) is 0 Å². The Morgan fingerprint density at radius 2 is 1.35 bits per heavy atom. The Kier molecular flexibility index (Phi) is 12.9. The Morgan fingerprint density at radius 1 is 0.846 bits per heavy atom. The van der Waals surface area contributed by atoms with Crippen LogP contribution in [0, 0.1) is 0 Å². The van der Waals surface area contributed by atoms with Crippen LogP contribution in [0.3, 0.4) is 0 Å². The van der Waals surface area contributed by atoms with Gasteiger partial charge in [0.1, 0.15) is 6.04 Å². The number of rotatable bonds is 9. The highest BCUT2D eigenvalue weighted by molar-refractivity contribution is 5.77. The zero-order valence-corrected chi connectivity index (χ0v) is 15.3. The van der Waals surface area contributed by atoms with Crippen LogP contribution >= 0.6 is 0 Å². The lowest BCUT2D eigenvalue weighted by Crippen LogP contribution is -2.31. The van der Waals surface area contributed by atoms with Gasteiger partial charge in [0.15, 0.2) is 0 Å². The molecule has 1 heterocycles. The summed E-state index contributed by atoms with van der Waals surface area (Å²) in [6.07, 6.45) is 7.34. The molecule has 1 rings (SSSR count). The number of nitrogens with zero attached hydrogens (tertiary/aromatic N) is 1. The lowest BCUT2D eigenvalue weighted by molar-refractivity contribution is -0.138. The number of hydrogen-bond donors (Lipinski definition) is 4. The first-order chi connectivity index (χ1) is 12.2. The van der Waals surface area contributed by atoms with E-state index in [1.165, 1.54) is 12.8 Å². The van der Waals surface area contributed by atoms with Crippen molar-refractivity contribution in [3.8, 4) is 0 Å². The number of carbonyl (C=O) groups is 4. The maximum Gasteiger partial charge on any atom is 0.320 e. The van der Waals surface area contributed by atoms with E-state index < -0.39 is 17.9 Å². The van der Waals surface area contributed by atoms with Gasteiger partial charge in [0.2, 0.25) is 17.7 Å². The van der Waals surface area contributed by atoms with Gasteiger partial charge in [0.25, 0.3) is 0 Å². The number of likely N-dealkylation sites (tertiary alicyclic amines) is 1. The van der Waals surface area contributed by atoms with Gasteiger partial charge in [0.05, 0.1) is 0 Å². The minimum absolute atomic E-state index is 0.0213. The van der Waals surface area contributed by atoms with Gasteiger partial charge >= 0.3 is 5.97 Å². The molecule has 1 fully saturated rings. The second-order valence-electron chi connectivity index (χ2n) is 6.42. The lowest BCUT2D eigenvalue weighted by Gasteiger charge is -2.20. The molecule has 1 saturated heterocycles. The molecule has 0 bridgehead atoms. The minimum Gasteiger partial charge on any atom is -0.480 e. The summed E-state index contributed by atoms with van der Waals surface area (Å²) in [7, 11) is 0. The molecule has 0 saturated carbocycles. The first-order valence-electron chi connectivity index (χ1n) is 9.06. The Morgan fingerprint density at radius 3 is 1.81 bits per heavy atom. The average Bonchev–Trinajstić information content (AvgIpc) is 2.86. The smallest absolute Gasteiger partial charge is 0.320 e. The first-order valence-corrected chi connectivity index (χ1v) is 9.06. The van der Waals surface area contributed by atoms with Crippen LogP contribution in [0.4, 0.5) is 0 Å². The number of carboxylic acid groups (broad SMARTS) is 1. The van der Waals surface area contributed by atoms with E-state index in [9.17, 15) is 19.2 Å². The molecule has 1 aliphatic rings. The maximum atomic E-state index is 11.8. The molecule has 26 heavy (non-hydrogen) atoms. The molecule has 150 valence electrons. The predicted molar refractivity (Wildman–Crippen MR) is 96.8 cm³/mol. The molecule has 1 atom stereocenters. The standard InChI is InChI=1S/C12H22N2O2.C5H10N2O3/c13-11(15)7-3-4-8-12(16)14-9-5-1-2-6-10-14;6-3(5(9)10)1-2-4(7)8/h1-10H2,(H2,13,15);3H,1-2,6H2,(H2,7,8)(H,9,10). The third-order valence-corrected chi connectivity index (χ3v) is 4.04. The van der Waals surface area contributed by atoms with Crippen molar-refractivity contribution in [1.82, 2.24) is 4.90 Å². The zero-order valence-electron chi connectivity index (χ0n) is 15.3. The van der Waals surface area contributed by atoms with Gasteiger partial charge in [-0.2, -0.15) is 0 Å². The molecule has 1 aliphatic heterocycles. The number of hydrogen-bond acceptors (Lipinski definition) is 5. The molecule has 9 nitrogen and oxygen atoms in total. The quantitative estimate of drug-likeness (QED) is 0.418. The molecule has 1 unspecified atom stereocenters. The summed E-state index contributed by atoms with van der Waals surface area (Å²) in [5.41, 5.74) is 14.8. The van der Waals surface area contributed by atoms with Crippen LogP contribution in [-0.4, -0.2) is 52.8 Å². The van der Waals surface area contributed by atoms with Crippen LogP contribution in [0.15, 0.2) is 0 Å². The van der Waals surface area contributed by atoms with E-state index in [4.69, 9.17) is 22.3 Å². The van der Waals surface area contributed by atoms with Crippen molar-refractivity contribution in [3.05, 3.63) is 0 Å². The third kappa shape index (κ3) is 13.2. The number of nitrogens with two attached hydrogens (primary N) is 3. The molecular weight excluding hydrogens is 340 g/mol. The highest BCUT2D eigenvalue weighted by atomic mass is 16.4. The molecule has 7 N–H and O–H groups in total. The highest BCUT2D eigenvalue weighted by Crippen LogP contribution is 2.12. The molecule has 0 aromatic rings. The number of primary amides is 2. The van der Waals surface area contributed by atoms with E-state index in [0.29, 0.717) is 12.8 Å². The summed E-state index contributed by atoms with van der Waals surface area (Å²) in [4.78, 5) is 44.4. The monoisotopic (exact) mass is 372 g/mol. The van der Waals surface area contributed by atoms with E-state index in [2.05, 4.69) is 0 Å².